The number of carboxylic acids is 1. The van der Waals surface area contributed by atoms with Gasteiger partial charge in [-0.05, 0) is 6.08 Å². The largest absolute Gasteiger partial charge is 0.480 e. The van der Waals surface area contributed by atoms with Gasteiger partial charge in [-0.2, -0.15) is 0 Å². The lowest BCUT2D eigenvalue weighted by Crippen LogP contribution is -2.43. The molecule has 1 aromatic heterocycles. The highest BCUT2D eigenvalue weighted by molar-refractivity contribution is 5.90. The molecule has 0 aliphatic heterocycles. The van der Waals surface area contributed by atoms with E-state index in [4.69, 9.17) is 5.11 Å². The van der Waals surface area contributed by atoms with Gasteiger partial charge < -0.3 is 15.0 Å². The lowest BCUT2D eigenvalue weighted by molar-refractivity contribution is -0.147. The topological polar surface area (TPSA) is 86.3 Å². The molecule has 6 nitrogen and oxygen atoms in total. The zero-order valence-electron chi connectivity index (χ0n) is 8.88. The molecule has 1 atom stereocenters. The van der Waals surface area contributed by atoms with Crippen LogP contribution in [0.4, 0.5) is 0 Å². The maximum absolute atomic E-state index is 11.3. The highest BCUT2D eigenvalue weighted by atomic mass is 16.4. The van der Waals surface area contributed by atoms with E-state index in [-0.39, 0.29) is 6.42 Å². The van der Waals surface area contributed by atoms with Crippen molar-refractivity contribution in [2.45, 2.75) is 12.5 Å². The number of carbonyl (C=O) groups is 2. The Morgan fingerprint density at radius 2 is 2.44 bits per heavy atom. The number of amides is 1. The highest BCUT2D eigenvalue weighted by Crippen LogP contribution is 2.06. The van der Waals surface area contributed by atoms with Crippen LogP contribution in [0, 0.1) is 0 Å². The molecule has 16 heavy (non-hydrogen) atoms. The minimum absolute atomic E-state index is 0.186. The molecule has 0 bridgehead atoms. The molecule has 86 valence electrons. The average molecular weight is 223 g/mol. The van der Waals surface area contributed by atoms with Gasteiger partial charge in [-0.15, -0.1) is 0 Å². The van der Waals surface area contributed by atoms with E-state index in [0.717, 1.165) is 11.0 Å². The van der Waals surface area contributed by atoms with Crippen LogP contribution < -0.4 is 0 Å². The number of carboxylic acid groups (broad SMARTS) is 1. The Balaban J connectivity index is 2.79. The Bertz CT molecular complexity index is 386. The van der Waals surface area contributed by atoms with Crippen LogP contribution in [0.5, 0.6) is 0 Å². The first-order chi connectivity index (χ1) is 7.56. The van der Waals surface area contributed by atoms with Crippen LogP contribution in [0.15, 0.2) is 25.2 Å². The van der Waals surface area contributed by atoms with Crippen molar-refractivity contribution in [2.24, 2.45) is 0 Å². The standard InChI is InChI=1S/C10H13N3O3/c1-3-9(14)13(2)8(10(15)16)4-7-5-11-6-12-7/h3,5-6,8H,1,4H2,2H3,(H,11,12)(H,15,16)/t8-/m0/s1. The van der Waals surface area contributed by atoms with Crippen molar-refractivity contribution in [3.63, 3.8) is 0 Å². The maximum atomic E-state index is 11.3. The first-order valence-corrected chi connectivity index (χ1v) is 4.65. The Hall–Kier alpha value is -2.11. The summed E-state index contributed by atoms with van der Waals surface area (Å²) in [6, 6.07) is -0.925. The first kappa shape index (κ1) is 12.0. The molecule has 0 aliphatic rings. The highest BCUT2D eigenvalue weighted by Gasteiger charge is 2.25. The number of carbonyl (C=O) groups excluding carboxylic acids is 1. The van der Waals surface area contributed by atoms with Crippen molar-refractivity contribution < 1.29 is 14.7 Å². The van der Waals surface area contributed by atoms with Gasteiger partial charge in [0.05, 0.1) is 6.33 Å². The summed E-state index contributed by atoms with van der Waals surface area (Å²) in [4.78, 5) is 30.0. The second kappa shape index (κ2) is 5.11. The number of nitrogens with zero attached hydrogens (tertiary/aromatic N) is 2. The van der Waals surface area contributed by atoms with Crippen molar-refractivity contribution in [1.82, 2.24) is 14.9 Å². The number of hydrogen-bond acceptors (Lipinski definition) is 3. The number of aromatic amines is 1. The molecule has 1 rings (SSSR count). The molecule has 2 N–H and O–H groups in total. The fourth-order valence-electron chi connectivity index (χ4n) is 1.29. The number of imidazole rings is 1. The van der Waals surface area contributed by atoms with Crippen molar-refractivity contribution in [3.8, 4) is 0 Å². The Morgan fingerprint density at radius 3 is 2.88 bits per heavy atom. The molecular weight excluding hydrogens is 210 g/mol. The maximum Gasteiger partial charge on any atom is 0.326 e. The molecule has 0 saturated heterocycles. The molecule has 1 heterocycles. The van der Waals surface area contributed by atoms with Crippen LogP contribution in [-0.4, -0.2) is 44.9 Å². The number of hydrogen-bond donors (Lipinski definition) is 2. The minimum Gasteiger partial charge on any atom is -0.480 e. The summed E-state index contributed by atoms with van der Waals surface area (Å²) in [5.74, 6) is -1.49. The lowest BCUT2D eigenvalue weighted by Gasteiger charge is -2.22. The van der Waals surface area contributed by atoms with E-state index in [0.29, 0.717) is 5.69 Å². The minimum atomic E-state index is -1.06. The second-order valence-corrected chi connectivity index (χ2v) is 3.29. The summed E-state index contributed by atoms with van der Waals surface area (Å²) in [6.07, 6.45) is 4.26. The third-order valence-corrected chi connectivity index (χ3v) is 2.24. The van der Waals surface area contributed by atoms with E-state index in [1.165, 1.54) is 19.6 Å². The molecule has 1 aromatic rings. The molecule has 0 fully saturated rings. The Labute approximate surface area is 92.6 Å². The van der Waals surface area contributed by atoms with Gasteiger partial charge in [0.25, 0.3) is 0 Å². The van der Waals surface area contributed by atoms with Crippen LogP contribution in [-0.2, 0) is 16.0 Å². The van der Waals surface area contributed by atoms with E-state index >= 15 is 0 Å². The zero-order valence-corrected chi connectivity index (χ0v) is 8.88. The van der Waals surface area contributed by atoms with E-state index in [1.807, 2.05) is 0 Å². The Kier molecular flexibility index (Phi) is 3.82. The van der Waals surface area contributed by atoms with Crippen LogP contribution >= 0.6 is 0 Å². The predicted octanol–water partition coefficient (Wildman–Crippen LogP) is 0.0498. The zero-order chi connectivity index (χ0) is 12.1. The average Bonchev–Trinajstić information content (AvgIpc) is 2.76. The molecule has 0 spiro atoms. The molecule has 6 heteroatoms. The van der Waals surface area contributed by atoms with Gasteiger partial charge >= 0.3 is 5.97 Å². The summed E-state index contributed by atoms with van der Waals surface area (Å²) >= 11 is 0. The fraction of sp³-hybridized carbons (Fsp3) is 0.300. The van der Waals surface area contributed by atoms with Gasteiger partial charge in [-0.1, -0.05) is 6.58 Å². The quantitative estimate of drug-likeness (QED) is 0.690. The van der Waals surface area contributed by atoms with Gasteiger partial charge in [-0.25, -0.2) is 9.78 Å². The Morgan fingerprint density at radius 1 is 1.75 bits per heavy atom. The number of nitrogens with one attached hydrogen (secondary N) is 1. The van der Waals surface area contributed by atoms with E-state index < -0.39 is 17.9 Å². The number of aromatic nitrogens is 2. The number of likely N-dealkylation sites (N-methyl/N-ethyl adjacent to an activating group) is 1. The summed E-state index contributed by atoms with van der Waals surface area (Å²) in [5.41, 5.74) is 0.663. The SMILES string of the molecule is C=CC(=O)N(C)[C@@H](Cc1cnc[nH]1)C(=O)O. The molecule has 0 radical (unpaired) electrons. The van der Waals surface area contributed by atoms with Crippen molar-refractivity contribution in [1.29, 1.82) is 0 Å². The van der Waals surface area contributed by atoms with E-state index in [9.17, 15) is 9.59 Å². The van der Waals surface area contributed by atoms with Crippen LogP contribution in [0.2, 0.25) is 0 Å². The number of H-pyrrole nitrogens is 1. The van der Waals surface area contributed by atoms with Crippen LogP contribution in [0.1, 0.15) is 5.69 Å². The second-order valence-electron chi connectivity index (χ2n) is 3.29. The summed E-state index contributed by atoms with van der Waals surface area (Å²) in [7, 11) is 1.43. The van der Waals surface area contributed by atoms with Gasteiger partial charge in [0, 0.05) is 25.4 Å². The van der Waals surface area contributed by atoms with Gasteiger partial charge in [0.15, 0.2) is 0 Å². The van der Waals surface area contributed by atoms with E-state index in [1.54, 1.807) is 0 Å². The molecule has 0 unspecified atom stereocenters. The third kappa shape index (κ3) is 2.69. The number of aliphatic carboxylic acids is 1. The monoisotopic (exact) mass is 223 g/mol. The van der Waals surface area contributed by atoms with E-state index in [2.05, 4.69) is 16.5 Å². The predicted molar refractivity (Wildman–Crippen MR) is 56.7 cm³/mol. The molecular formula is C10H13N3O3. The number of rotatable bonds is 5. The lowest BCUT2D eigenvalue weighted by atomic mass is 10.1. The molecule has 0 saturated carbocycles. The third-order valence-electron chi connectivity index (χ3n) is 2.24. The van der Waals surface area contributed by atoms with Crippen LogP contribution in [0.25, 0.3) is 0 Å². The van der Waals surface area contributed by atoms with Crippen molar-refractivity contribution >= 4 is 11.9 Å². The van der Waals surface area contributed by atoms with Gasteiger partial charge in [0.1, 0.15) is 6.04 Å². The fourth-order valence-corrected chi connectivity index (χ4v) is 1.29. The summed E-state index contributed by atoms with van der Waals surface area (Å²) < 4.78 is 0. The van der Waals surface area contributed by atoms with Gasteiger partial charge in [-0.3, -0.25) is 4.79 Å². The van der Waals surface area contributed by atoms with Crippen molar-refractivity contribution in [2.75, 3.05) is 7.05 Å². The summed E-state index contributed by atoms with van der Waals surface area (Å²) in [6.45, 7) is 3.32. The smallest absolute Gasteiger partial charge is 0.326 e. The molecule has 0 aliphatic carbocycles. The van der Waals surface area contributed by atoms with Crippen molar-refractivity contribution in [3.05, 3.63) is 30.9 Å². The van der Waals surface area contributed by atoms with Gasteiger partial charge in [0.2, 0.25) is 5.91 Å². The molecule has 1 amide bonds. The first-order valence-electron chi connectivity index (χ1n) is 4.65. The summed E-state index contributed by atoms with van der Waals surface area (Å²) in [5, 5.41) is 9.02. The normalized spacial score (nSPS) is 11.8. The van der Waals surface area contributed by atoms with Crippen LogP contribution in [0.3, 0.4) is 0 Å². The molecule has 0 aromatic carbocycles.